The van der Waals surface area contributed by atoms with Gasteiger partial charge in [-0.25, -0.2) is 5.01 Å². The van der Waals surface area contributed by atoms with Crippen LogP contribution in [0.15, 0.2) is 35.4 Å². The number of terminal acetylenes is 1. The number of amides is 2. The van der Waals surface area contributed by atoms with Crippen LogP contribution in [0.5, 0.6) is 0 Å². The lowest BCUT2D eigenvalue weighted by atomic mass is 10.0. The number of nitrogens with one attached hydrogen (secondary N) is 1. The molecule has 0 unspecified atom stereocenters. The van der Waals surface area contributed by atoms with Gasteiger partial charge in [0, 0.05) is 0 Å². The Morgan fingerprint density at radius 1 is 1.45 bits per heavy atom. The summed E-state index contributed by atoms with van der Waals surface area (Å²) in [5.74, 6) is 0.721. The zero-order valence-corrected chi connectivity index (χ0v) is 11.2. The first-order valence-electron chi connectivity index (χ1n) is 6.25. The maximum absolute atomic E-state index is 12.2. The molecule has 0 aliphatic carbocycles. The van der Waals surface area contributed by atoms with Crippen molar-refractivity contribution in [2.45, 2.75) is 13.5 Å². The van der Waals surface area contributed by atoms with E-state index < -0.39 is 11.8 Å². The Labute approximate surface area is 117 Å². The third-order valence-corrected chi connectivity index (χ3v) is 3.00. The number of hydrogen-bond acceptors (Lipinski definition) is 3. The third-order valence-electron chi connectivity index (χ3n) is 3.00. The quantitative estimate of drug-likeness (QED) is 0.648. The Morgan fingerprint density at radius 2 is 2.15 bits per heavy atom. The molecule has 1 aromatic rings. The van der Waals surface area contributed by atoms with Crippen LogP contribution in [0.1, 0.15) is 12.5 Å². The third kappa shape index (κ3) is 2.86. The van der Waals surface area contributed by atoms with Crippen LogP contribution < -0.4 is 5.32 Å². The van der Waals surface area contributed by atoms with E-state index in [0.717, 1.165) is 5.56 Å². The summed E-state index contributed by atoms with van der Waals surface area (Å²) < 4.78 is 0. The molecule has 1 heterocycles. The molecule has 2 rings (SSSR count). The van der Waals surface area contributed by atoms with Crippen molar-refractivity contribution < 1.29 is 9.59 Å². The molecule has 1 aliphatic rings. The van der Waals surface area contributed by atoms with E-state index in [4.69, 9.17) is 6.42 Å². The minimum Gasteiger partial charge on any atom is -0.344 e. The lowest BCUT2D eigenvalue weighted by Crippen LogP contribution is -2.40. The fourth-order valence-corrected chi connectivity index (χ4v) is 2.04. The Balaban J connectivity index is 2.07. The molecular formula is C15H15N3O2. The summed E-state index contributed by atoms with van der Waals surface area (Å²) in [5.41, 5.74) is 1.45. The summed E-state index contributed by atoms with van der Waals surface area (Å²) in [6.45, 7) is 2.13. The average Bonchev–Trinajstić information content (AvgIpc) is 2.72. The molecule has 0 aromatic heterocycles. The Hall–Kier alpha value is -2.61. The summed E-state index contributed by atoms with van der Waals surface area (Å²) in [4.78, 5) is 24.1. The number of hydrazone groups is 1. The molecule has 0 fully saturated rings. The van der Waals surface area contributed by atoms with Gasteiger partial charge in [0.05, 0.1) is 18.8 Å². The molecule has 2 amide bonds. The second kappa shape index (κ2) is 6.02. The first-order chi connectivity index (χ1) is 9.63. The second-order valence-corrected chi connectivity index (χ2v) is 4.48. The van der Waals surface area contributed by atoms with Gasteiger partial charge in [-0.3, -0.25) is 9.59 Å². The van der Waals surface area contributed by atoms with Gasteiger partial charge in [-0.2, -0.15) is 5.10 Å². The molecule has 1 atom stereocenters. The Bertz CT molecular complexity index is 587. The van der Waals surface area contributed by atoms with Crippen LogP contribution in [-0.2, 0) is 16.1 Å². The van der Waals surface area contributed by atoms with Gasteiger partial charge in [-0.05, 0) is 12.5 Å². The number of benzene rings is 1. The minimum absolute atomic E-state index is 0.106. The molecule has 20 heavy (non-hydrogen) atoms. The van der Waals surface area contributed by atoms with Gasteiger partial charge in [-0.15, -0.1) is 6.42 Å². The molecule has 1 N–H and O–H groups in total. The molecule has 5 nitrogen and oxygen atoms in total. The highest BCUT2D eigenvalue weighted by molar-refractivity contribution is 6.21. The molecule has 0 spiro atoms. The van der Waals surface area contributed by atoms with E-state index in [1.165, 1.54) is 5.01 Å². The van der Waals surface area contributed by atoms with Gasteiger partial charge in [0.25, 0.3) is 5.91 Å². The summed E-state index contributed by atoms with van der Waals surface area (Å²) in [5, 5.41) is 8.00. The second-order valence-electron chi connectivity index (χ2n) is 4.48. The van der Waals surface area contributed by atoms with E-state index in [0.29, 0.717) is 12.3 Å². The van der Waals surface area contributed by atoms with Crippen molar-refractivity contribution in [2.24, 2.45) is 11.0 Å². The molecule has 0 saturated carbocycles. The van der Waals surface area contributed by atoms with E-state index in [2.05, 4.69) is 16.3 Å². The van der Waals surface area contributed by atoms with E-state index in [9.17, 15) is 9.59 Å². The smallest absolute Gasteiger partial charge is 0.261 e. The average molecular weight is 269 g/mol. The number of carbonyl (C=O) groups excluding carboxylic acids is 2. The Kier molecular flexibility index (Phi) is 4.16. The maximum Gasteiger partial charge on any atom is 0.261 e. The van der Waals surface area contributed by atoms with E-state index >= 15 is 0 Å². The lowest BCUT2D eigenvalue weighted by Gasteiger charge is -2.14. The fourth-order valence-electron chi connectivity index (χ4n) is 2.04. The largest absolute Gasteiger partial charge is 0.344 e. The number of nitrogens with zero attached hydrogens (tertiary/aromatic N) is 2. The normalized spacial score (nSPS) is 17.6. The molecule has 102 valence electrons. The fraction of sp³-hybridized carbons (Fsp3) is 0.267. The number of carbonyl (C=O) groups is 2. The predicted molar refractivity (Wildman–Crippen MR) is 75.4 cm³/mol. The van der Waals surface area contributed by atoms with Crippen LogP contribution in [-0.4, -0.2) is 29.1 Å². The van der Waals surface area contributed by atoms with Crippen LogP contribution in [0.4, 0.5) is 0 Å². The minimum atomic E-state index is -0.868. The maximum atomic E-state index is 12.2. The van der Waals surface area contributed by atoms with Crippen LogP contribution in [0.3, 0.4) is 0 Å². The van der Waals surface area contributed by atoms with Gasteiger partial charge < -0.3 is 5.32 Å². The molecule has 1 aliphatic heterocycles. The molecular weight excluding hydrogens is 254 g/mol. The SMILES string of the molecule is C#CCNC(=O)[C@H]1C(=O)N(Cc2ccccc2)N=C1C. The molecule has 0 saturated heterocycles. The van der Waals surface area contributed by atoms with Crippen LogP contribution in [0.2, 0.25) is 0 Å². The standard InChI is InChI=1S/C15H15N3O2/c1-3-9-16-14(19)13-11(2)17-18(15(13)20)10-12-7-5-4-6-8-12/h1,4-8,13H,9-10H2,2H3,(H,16,19)/t13-/m0/s1. The van der Waals surface area contributed by atoms with E-state index in [1.54, 1.807) is 6.92 Å². The zero-order chi connectivity index (χ0) is 14.5. The van der Waals surface area contributed by atoms with E-state index in [1.807, 2.05) is 30.3 Å². The summed E-state index contributed by atoms with van der Waals surface area (Å²) in [6, 6.07) is 9.50. The number of hydrogen-bond donors (Lipinski definition) is 1. The van der Waals surface area contributed by atoms with Gasteiger partial charge in [0.2, 0.25) is 5.91 Å². The van der Waals surface area contributed by atoms with Crippen LogP contribution in [0, 0.1) is 18.3 Å². The highest BCUT2D eigenvalue weighted by Gasteiger charge is 2.38. The van der Waals surface area contributed by atoms with Crippen molar-refractivity contribution in [3.05, 3.63) is 35.9 Å². The van der Waals surface area contributed by atoms with Crippen LogP contribution >= 0.6 is 0 Å². The zero-order valence-electron chi connectivity index (χ0n) is 11.2. The topological polar surface area (TPSA) is 61.8 Å². The lowest BCUT2D eigenvalue weighted by molar-refractivity contribution is -0.137. The first-order valence-corrected chi connectivity index (χ1v) is 6.25. The van der Waals surface area contributed by atoms with Crippen LogP contribution in [0.25, 0.3) is 0 Å². The number of rotatable bonds is 4. The van der Waals surface area contributed by atoms with Crippen molar-refractivity contribution in [1.29, 1.82) is 0 Å². The van der Waals surface area contributed by atoms with Gasteiger partial charge >= 0.3 is 0 Å². The predicted octanol–water partition coefficient (Wildman–Crippen LogP) is 0.770. The van der Waals surface area contributed by atoms with Crippen molar-refractivity contribution in [3.8, 4) is 12.3 Å². The molecule has 5 heteroatoms. The monoisotopic (exact) mass is 269 g/mol. The summed E-state index contributed by atoms with van der Waals surface area (Å²) in [7, 11) is 0. The first kappa shape index (κ1) is 13.8. The molecule has 0 bridgehead atoms. The van der Waals surface area contributed by atoms with Gasteiger partial charge in [0.1, 0.15) is 0 Å². The van der Waals surface area contributed by atoms with Crippen molar-refractivity contribution in [2.75, 3.05) is 6.54 Å². The highest BCUT2D eigenvalue weighted by atomic mass is 16.2. The van der Waals surface area contributed by atoms with E-state index in [-0.39, 0.29) is 12.5 Å². The van der Waals surface area contributed by atoms with Gasteiger partial charge in [-0.1, -0.05) is 36.3 Å². The van der Waals surface area contributed by atoms with Crippen molar-refractivity contribution in [1.82, 2.24) is 10.3 Å². The molecule has 0 radical (unpaired) electrons. The Morgan fingerprint density at radius 3 is 2.80 bits per heavy atom. The summed E-state index contributed by atoms with van der Waals surface area (Å²) >= 11 is 0. The van der Waals surface area contributed by atoms with Crippen molar-refractivity contribution in [3.63, 3.8) is 0 Å². The highest BCUT2D eigenvalue weighted by Crippen LogP contribution is 2.18. The van der Waals surface area contributed by atoms with Gasteiger partial charge in [0.15, 0.2) is 5.92 Å². The molecule has 1 aromatic carbocycles. The van der Waals surface area contributed by atoms with Crippen molar-refractivity contribution >= 4 is 17.5 Å². The summed E-state index contributed by atoms with van der Waals surface area (Å²) in [6.07, 6.45) is 5.08.